The normalized spacial score (nSPS) is 11.4. The summed E-state index contributed by atoms with van der Waals surface area (Å²) >= 11 is 0.183. The molecule has 2 heterocycles. The number of anilines is 3. The molecule has 0 aliphatic carbocycles. The zero-order valence-electron chi connectivity index (χ0n) is 22.1. The number of aromatic nitrogens is 1. The van der Waals surface area contributed by atoms with E-state index in [2.05, 4.69) is 126 Å². The van der Waals surface area contributed by atoms with Gasteiger partial charge in [0.1, 0.15) is 0 Å². The van der Waals surface area contributed by atoms with E-state index in [-0.39, 0.29) is 14.5 Å². The number of hydrogen-bond acceptors (Lipinski definition) is 3. The van der Waals surface area contributed by atoms with Crippen LogP contribution in [0.3, 0.4) is 0 Å². The van der Waals surface area contributed by atoms with Crippen LogP contribution in [0.25, 0.3) is 53.0 Å². The molecule has 0 bridgehead atoms. The van der Waals surface area contributed by atoms with E-state index in [4.69, 9.17) is 9.40 Å². The number of benzene rings is 6. The van der Waals surface area contributed by atoms with Crippen LogP contribution in [-0.4, -0.2) is 19.5 Å². The summed E-state index contributed by atoms with van der Waals surface area (Å²) in [5.74, 6) is 0.681. The van der Waals surface area contributed by atoms with Gasteiger partial charge in [-0.3, -0.25) is 0 Å². The van der Waals surface area contributed by atoms with Crippen LogP contribution in [0.1, 0.15) is 0 Å². The second kappa shape index (κ2) is 9.94. The number of para-hydroxylation sites is 3. The van der Waals surface area contributed by atoms with Crippen molar-refractivity contribution in [2.75, 3.05) is 4.90 Å². The molecular formula is C37H24N2OSe. The maximum atomic E-state index is 6.20. The van der Waals surface area contributed by atoms with Crippen LogP contribution < -0.4 is 4.90 Å². The van der Waals surface area contributed by atoms with Crippen molar-refractivity contribution in [3.63, 3.8) is 0 Å². The van der Waals surface area contributed by atoms with Gasteiger partial charge in [-0.2, -0.15) is 0 Å². The SMILES string of the molecule is c1ccc(-c2ccc(N(c3ccccc3)c3ccc4c(c3)[se]c3cccc(-c5nc6ccccc6o5)c34)cc2)cc1. The van der Waals surface area contributed by atoms with E-state index in [1.165, 1.54) is 30.4 Å². The molecule has 0 fully saturated rings. The van der Waals surface area contributed by atoms with Crippen LogP contribution in [0.5, 0.6) is 0 Å². The van der Waals surface area contributed by atoms with Crippen molar-refractivity contribution >= 4 is 62.0 Å². The predicted molar refractivity (Wildman–Crippen MR) is 172 cm³/mol. The fourth-order valence-electron chi connectivity index (χ4n) is 5.58. The van der Waals surface area contributed by atoms with Gasteiger partial charge in [0.15, 0.2) is 0 Å². The van der Waals surface area contributed by atoms with Crippen molar-refractivity contribution in [2.45, 2.75) is 0 Å². The Hall–Kier alpha value is -4.89. The molecule has 6 aromatic carbocycles. The standard InChI is InChI=1S/C37H24N2OSe/c1-3-10-25(11-4-1)26-18-20-28(21-19-26)39(27-12-5-2-6-13-27)29-22-23-30-35(24-29)41-34-17-9-14-31(36(30)34)37-38-32-15-7-8-16-33(32)40-37/h1-24H. The fraction of sp³-hybridized carbons (Fsp3) is 0. The average molecular weight is 592 g/mol. The molecule has 0 aliphatic rings. The van der Waals surface area contributed by atoms with Crippen molar-refractivity contribution in [1.29, 1.82) is 0 Å². The summed E-state index contributed by atoms with van der Waals surface area (Å²) in [5, 5.41) is 2.52. The summed E-state index contributed by atoms with van der Waals surface area (Å²) in [6.45, 7) is 0. The van der Waals surface area contributed by atoms with E-state index in [9.17, 15) is 0 Å². The number of oxazole rings is 1. The quantitative estimate of drug-likeness (QED) is 0.187. The zero-order chi connectivity index (χ0) is 27.2. The summed E-state index contributed by atoms with van der Waals surface area (Å²) in [7, 11) is 0. The van der Waals surface area contributed by atoms with Gasteiger partial charge in [-0.1, -0.05) is 0 Å². The molecule has 0 saturated carbocycles. The van der Waals surface area contributed by atoms with Gasteiger partial charge in [0.05, 0.1) is 0 Å². The molecule has 0 unspecified atom stereocenters. The molecule has 3 nitrogen and oxygen atoms in total. The molecule has 0 amide bonds. The number of rotatable bonds is 5. The van der Waals surface area contributed by atoms with Crippen molar-refractivity contribution in [3.05, 3.63) is 146 Å². The van der Waals surface area contributed by atoms with Crippen molar-refractivity contribution < 1.29 is 4.42 Å². The van der Waals surface area contributed by atoms with Crippen molar-refractivity contribution in [1.82, 2.24) is 4.98 Å². The number of nitrogens with zero attached hydrogens (tertiary/aromatic N) is 2. The van der Waals surface area contributed by atoms with Crippen LogP contribution in [0.2, 0.25) is 0 Å². The minimum atomic E-state index is 0.183. The Morgan fingerprint density at radius 3 is 2.02 bits per heavy atom. The van der Waals surface area contributed by atoms with E-state index >= 15 is 0 Å². The van der Waals surface area contributed by atoms with E-state index in [1.807, 2.05) is 24.3 Å². The number of fused-ring (bicyclic) bond motifs is 4. The second-order valence-electron chi connectivity index (χ2n) is 10.0. The Labute approximate surface area is 243 Å². The molecule has 0 aliphatic heterocycles. The molecule has 41 heavy (non-hydrogen) atoms. The van der Waals surface area contributed by atoms with Gasteiger partial charge >= 0.3 is 244 Å². The third-order valence-electron chi connectivity index (χ3n) is 7.51. The van der Waals surface area contributed by atoms with E-state index in [0.29, 0.717) is 5.89 Å². The first-order valence-electron chi connectivity index (χ1n) is 13.6. The molecule has 194 valence electrons. The third kappa shape index (κ3) is 4.25. The van der Waals surface area contributed by atoms with Gasteiger partial charge in [0, 0.05) is 0 Å². The Kier molecular flexibility index (Phi) is 5.81. The molecule has 2 aromatic heterocycles. The van der Waals surface area contributed by atoms with Gasteiger partial charge < -0.3 is 0 Å². The van der Waals surface area contributed by atoms with Gasteiger partial charge in [-0.05, 0) is 0 Å². The molecule has 8 rings (SSSR count). The molecule has 4 heteroatoms. The second-order valence-corrected chi connectivity index (χ2v) is 12.3. The number of hydrogen-bond donors (Lipinski definition) is 0. The minimum absolute atomic E-state index is 0.183. The van der Waals surface area contributed by atoms with Crippen molar-refractivity contribution in [3.8, 4) is 22.6 Å². The summed E-state index contributed by atoms with van der Waals surface area (Å²) < 4.78 is 8.94. The first-order valence-corrected chi connectivity index (χ1v) is 15.3. The van der Waals surface area contributed by atoms with E-state index in [0.717, 1.165) is 33.7 Å². The molecular weight excluding hydrogens is 567 g/mol. The maximum absolute atomic E-state index is 6.20. The van der Waals surface area contributed by atoms with Gasteiger partial charge in [0.2, 0.25) is 0 Å². The summed E-state index contributed by atoms with van der Waals surface area (Å²) in [5.41, 5.74) is 8.61. The van der Waals surface area contributed by atoms with Gasteiger partial charge in [-0.15, -0.1) is 0 Å². The Morgan fingerprint density at radius 2 is 1.22 bits per heavy atom. The van der Waals surface area contributed by atoms with Crippen LogP contribution in [0.15, 0.2) is 150 Å². The Bertz CT molecular complexity index is 2110. The molecule has 0 atom stereocenters. The summed E-state index contributed by atoms with van der Waals surface area (Å²) in [6, 6.07) is 51.3. The van der Waals surface area contributed by atoms with Crippen LogP contribution >= 0.6 is 0 Å². The van der Waals surface area contributed by atoms with Crippen molar-refractivity contribution in [2.24, 2.45) is 0 Å². The molecule has 8 aromatic rings. The fourth-order valence-corrected chi connectivity index (χ4v) is 8.02. The first kappa shape index (κ1) is 24.0. The Balaban J connectivity index is 1.26. The van der Waals surface area contributed by atoms with E-state index in [1.54, 1.807) is 0 Å². The first-order chi connectivity index (χ1) is 20.3. The van der Waals surface area contributed by atoms with Crippen LogP contribution in [-0.2, 0) is 0 Å². The monoisotopic (exact) mass is 592 g/mol. The van der Waals surface area contributed by atoms with Gasteiger partial charge in [-0.25, -0.2) is 0 Å². The topological polar surface area (TPSA) is 29.3 Å². The zero-order valence-corrected chi connectivity index (χ0v) is 23.8. The average Bonchev–Trinajstić information content (AvgIpc) is 3.64. The van der Waals surface area contributed by atoms with Gasteiger partial charge in [0.25, 0.3) is 0 Å². The molecule has 0 saturated heterocycles. The Morgan fingerprint density at radius 1 is 0.537 bits per heavy atom. The molecule has 0 N–H and O–H groups in total. The molecule has 0 radical (unpaired) electrons. The predicted octanol–water partition coefficient (Wildman–Crippen LogP) is 9.99. The summed E-state index contributed by atoms with van der Waals surface area (Å²) in [6.07, 6.45) is 0. The van der Waals surface area contributed by atoms with E-state index < -0.39 is 0 Å². The van der Waals surface area contributed by atoms with Crippen LogP contribution in [0.4, 0.5) is 17.1 Å². The third-order valence-corrected chi connectivity index (χ3v) is 9.86. The molecule has 0 spiro atoms. The summed E-state index contributed by atoms with van der Waals surface area (Å²) in [4.78, 5) is 7.16. The van der Waals surface area contributed by atoms with Crippen LogP contribution in [0, 0.1) is 0 Å².